The molecule has 0 unspecified atom stereocenters. The number of nitrogens with two attached hydrogens (primary N) is 1. The van der Waals surface area contributed by atoms with Crippen LogP contribution in [-0.4, -0.2) is 4.98 Å². The Hall–Kier alpha value is -1.65. The van der Waals surface area contributed by atoms with Crippen molar-refractivity contribution in [3.8, 4) is 10.6 Å². The van der Waals surface area contributed by atoms with Crippen molar-refractivity contribution in [1.29, 1.82) is 0 Å². The van der Waals surface area contributed by atoms with Gasteiger partial charge in [0.15, 0.2) is 0 Å². The van der Waals surface area contributed by atoms with E-state index in [4.69, 9.17) is 10.2 Å². The fourth-order valence-corrected chi connectivity index (χ4v) is 2.55. The highest BCUT2D eigenvalue weighted by Gasteiger charge is 2.09. The van der Waals surface area contributed by atoms with Gasteiger partial charge < -0.3 is 10.2 Å². The maximum Gasteiger partial charge on any atom is 0.147 e. The van der Waals surface area contributed by atoms with Crippen molar-refractivity contribution in [3.05, 3.63) is 41.0 Å². The Kier molecular flexibility index (Phi) is 2.46. The molecule has 4 heteroatoms. The van der Waals surface area contributed by atoms with E-state index in [9.17, 15) is 0 Å². The first-order chi connectivity index (χ1) is 8.26. The van der Waals surface area contributed by atoms with E-state index in [1.54, 1.807) is 11.3 Å². The molecule has 0 atom stereocenters. The van der Waals surface area contributed by atoms with Gasteiger partial charge in [-0.3, -0.25) is 0 Å². The standard InChI is InChI=1S/C13H12N2OS/c1-8-2-3-10-9(4-8)5-11(16-10)12-7-15-13(6-14)17-12/h2-5,7H,6,14H2,1H3. The van der Waals surface area contributed by atoms with Crippen LogP contribution in [0.25, 0.3) is 21.6 Å². The lowest BCUT2D eigenvalue weighted by molar-refractivity contribution is 0.633. The number of benzene rings is 1. The zero-order valence-corrected chi connectivity index (χ0v) is 10.3. The smallest absolute Gasteiger partial charge is 0.147 e. The molecule has 3 rings (SSSR count). The van der Waals surface area contributed by atoms with Gasteiger partial charge in [-0.25, -0.2) is 4.98 Å². The van der Waals surface area contributed by atoms with Crippen LogP contribution in [0.4, 0.5) is 0 Å². The second-order valence-corrected chi connectivity index (χ2v) is 5.09. The van der Waals surface area contributed by atoms with Crippen LogP contribution in [0.1, 0.15) is 10.6 Å². The minimum atomic E-state index is 0.476. The van der Waals surface area contributed by atoms with E-state index >= 15 is 0 Å². The summed E-state index contributed by atoms with van der Waals surface area (Å²) in [6.45, 7) is 2.55. The average molecular weight is 244 g/mol. The molecule has 0 radical (unpaired) electrons. The Morgan fingerprint density at radius 1 is 1.35 bits per heavy atom. The minimum absolute atomic E-state index is 0.476. The molecule has 2 N–H and O–H groups in total. The molecule has 86 valence electrons. The van der Waals surface area contributed by atoms with E-state index in [1.807, 2.05) is 18.3 Å². The van der Waals surface area contributed by atoms with Gasteiger partial charge in [-0.15, -0.1) is 11.3 Å². The molecule has 3 aromatic rings. The molecule has 0 spiro atoms. The van der Waals surface area contributed by atoms with Gasteiger partial charge in [0.25, 0.3) is 0 Å². The van der Waals surface area contributed by atoms with Crippen molar-refractivity contribution in [2.75, 3.05) is 0 Å². The second-order valence-electron chi connectivity index (χ2n) is 3.97. The lowest BCUT2D eigenvalue weighted by atomic mass is 10.2. The van der Waals surface area contributed by atoms with E-state index in [1.165, 1.54) is 5.56 Å². The van der Waals surface area contributed by atoms with Gasteiger partial charge in [0.05, 0.1) is 4.88 Å². The van der Waals surface area contributed by atoms with Crippen molar-refractivity contribution >= 4 is 22.3 Å². The Morgan fingerprint density at radius 2 is 2.24 bits per heavy atom. The minimum Gasteiger partial charge on any atom is -0.455 e. The number of thiazole rings is 1. The highest BCUT2D eigenvalue weighted by atomic mass is 32.1. The van der Waals surface area contributed by atoms with Crippen molar-refractivity contribution in [2.45, 2.75) is 13.5 Å². The monoisotopic (exact) mass is 244 g/mol. The quantitative estimate of drug-likeness (QED) is 0.752. The van der Waals surface area contributed by atoms with Gasteiger partial charge in [0.1, 0.15) is 16.4 Å². The fourth-order valence-electron chi connectivity index (χ4n) is 1.80. The number of hydrogen-bond acceptors (Lipinski definition) is 4. The summed E-state index contributed by atoms with van der Waals surface area (Å²) in [7, 11) is 0. The maximum absolute atomic E-state index is 5.80. The Labute approximate surface area is 103 Å². The molecule has 0 aliphatic carbocycles. The molecule has 17 heavy (non-hydrogen) atoms. The third-order valence-electron chi connectivity index (χ3n) is 2.64. The summed E-state index contributed by atoms with van der Waals surface area (Å²) in [6, 6.07) is 8.22. The molecule has 0 aliphatic heterocycles. The van der Waals surface area contributed by atoms with E-state index in [0.717, 1.165) is 26.6 Å². The summed E-state index contributed by atoms with van der Waals surface area (Å²) < 4.78 is 5.80. The van der Waals surface area contributed by atoms with Gasteiger partial charge in [-0.2, -0.15) is 0 Å². The molecule has 0 aliphatic rings. The Bertz CT molecular complexity index is 669. The van der Waals surface area contributed by atoms with Crippen molar-refractivity contribution in [2.24, 2.45) is 5.73 Å². The molecule has 0 fully saturated rings. The summed E-state index contributed by atoms with van der Waals surface area (Å²) in [5.74, 6) is 0.864. The predicted molar refractivity (Wildman–Crippen MR) is 70.0 cm³/mol. The summed E-state index contributed by atoms with van der Waals surface area (Å²) in [5, 5.41) is 2.05. The Balaban J connectivity index is 2.11. The van der Waals surface area contributed by atoms with Gasteiger partial charge >= 0.3 is 0 Å². The molecule has 0 saturated carbocycles. The number of nitrogens with zero attached hydrogens (tertiary/aromatic N) is 1. The molecule has 0 bridgehead atoms. The maximum atomic E-state index is 5.80. The summed E-state index contributed by atoms with van der Waals surface area (Å²) in [6.07, 6.45) is 1.82. The van der Waals surface area contributed by atoms with Crippen LogP contribution in [0.15, 0.2) is 34.9 Å². The number of rotatable bonds is 2. The topological polar surface area (TPSA) is 52.0 Å². The molecule has 2 heterocycles. The number of fused-ring (bicyclic) bond motifs is 1. The highest BCUT2D eigenvalue weighted by Crippen LogP contribution is 2.31. The van der Waals surface area contributed by atoms with E-state index in [-0.39, 0.29) is 0 Å². The molecule has 0 amide bonds. The summed E-state index contributed by atoms with van der Waals surface area (Å²) in [4.78, 5) is 5.26. The van der Waals surface area contributed by atoms with Crippen LogP contribution in [0.2, 0.25) is 0 Å². The van der Waals surface area contributed by atoms with Crippen LogP contribution in [-0.2, 0) is 6.54 Å². The number of aromatic nitrogens is 1. The van der Waals surface area contributed by atoms with Crippen molar-refractivity contribution in [1.82, 2.24) is 4.98 Å². The van der Waals surface area contributed by atoms with E-state index in [2.05, 4.69) is 24.0 Å². The number of hydrogen-bond donors (Lipinski definition) is 1. The van der Waals surface area contributed by atoms with Gasteiger partial charge in [-0.1, -0.05) is 11.6 Å². The molecular formula is C13H12N2OS. The molecule has 0 saturated heterocycles. The molecule has 2 aromatic heterocycles. The summed E-state index contributed by atoms with van der Waals surface area (Å²) in [5.41, 5.74) is 7.70. The third-order valence-corrected chi connectivity index (χ3v) is 3.68. The molecule has 1 aromatic carbocycles. The number of aryl methyl sites for hydroxylation is 1. The summed E-state index contributed by atoms with van der Waals surface area (Å²) >= 11 is 1.58. The SMILES string of the molecule is Cc1ccc2oc(-c3cnc(CN)s3)cc2c1. The van der Waals surface area contributed by atoms with Crippen LogP contribution >= 0.6 is 11.3 Å². The van der Waals surface area contributed by atoms with E-state index in [0.29, 0.717) is 6.54 Å². The first kappa shape index (κ1) is 10.5. The van der Waals surface area contributed by atoms with Gasteiger partial charge in [0.2, 0.25) is 0 Å². The second kappa shape index (κ2) is 3.98. The first-order valence-electron chi connectivity index (χ1n) is 5.41. The normalized spacial score (nSPS) is 11.2. The Morgan fingerprint density at radius 3 is 3.00 bits per heavy atom. The van der Waals surface area contributed by atoms with Crippen molar-refractivity contribution in [3.63, 3.8) is 0 Å². The van der Waals surface area contributed by atoms with Crippen molar-refractivity contribution < 1.29 is 4.42 Å². The number of furan rings is 1. The molecular weight excluding hydrogens is 232 g/mol. The zero-order valence-electron chi connectivity index (χ0n) is 9.43. The van der Waals surface area contributed by atoms with Gasteiger partial charge in [0, 0.05) is 18.1 Å². The third kappa shape index (κ3) is 1.85. The van der Waals surface area contributed by atoms with Crippen LogP contribution in [0.3, 0.4) is 0 Å². The fraction of sp³-hybridized carbons (Fsp3) is 0.154. The van der Waals surface area contributed by atoms with Crippen LogP contribution in [0.5, 0.6) is 0 Å². The van der Waals surface area contributed by atoms with Gasteiger partial charge in [-0.05, 0) is 25.1 Å². The first-order valence-corrected chi connectivity index (χ1v) is 6.23. The predicted octanol–water partition coefficient (Wildman–Crippen LogP) is 3.32. The van der Waals surface area contributed by atoms with E-state index < -0.39 is 0 Å². The largest absolute Gasteiger partial charge is 0.455 e. The average Bonchev–Trinajstić information content (AvgIpc) is 2.93. The highest BCUT2D eigenvalue weighted by molar-refractivity contribution is 7.15. The lowest BCUT2D eigenvalue weighted by Gasteiger charge is -1.89. The van der Waals surface area contributed by atoms with Crippen LogP contribution in [0, 0.1) is 6.92 Å². The molecule has 3 nitrogen and oxygen atoms in total. The lowest BCUT2D eigenvalue weighted by Crippen LogP contribution is -1.93. The zero-order chi connectivity index (χ0) is 11.8. The van der Waals surface area contributed by atoms with Crippen LogP contribution < -0.4 is 5.73 Å².